The highest BCUT2D eigenvalue weighted by Gasteiger charge is 2.24. The van der Waals surface area contributed by atoms with Gasteiger partial charge in [0.1, 0.15) is 11.3 Å². The Kier molecular flexibility index (Phi) is 3.56. The summed E-state index contributed by atoms with van der Waals surface area (Å²) in [5.74, 6) is 1.30. The molecule has 0 saturated carbocycles. The first-order valence-corrected chi connectivity index (χ1v) is 7.88. The number of hydrogen-bond donors (Lipinski definition) is 0. The zero-order valence-corrected chi connectivity index (χ0v) is 12.8. The maximum Gasteiger partial charge on any atom is 0.164 e. The van der Waals surface area contributed by atoms with E-state index >= 15 is 0 Å². The lowest BCUT2D eigenvalue weighted by atomic mass is 10.0. The molecule has 1 unspecified atom stereocenters. The number of rotatable bonds is 2. The van der Waals surface area contributed by atoms with E-state index in [1.165, 1.54) is 0 Å². The molecule has 0 radical (unpaired) electrons. The summed E-state index contributed by atoms with van der Waals surface area (Å²) in [6.45, 7) is 1.55. The predicted octanol–water partition coefficient (Wildman–Crippen LogP) is 3.97. The highest BCUT2D eigenvalue weighted by molar-refractivity contribution is 6.30. The SMILES string of the molecule is Clc1cccc(-n2c(C3CCCOC3)nc3cccnc32)c1. The van der Waals surface area contributed by atoms with E-state index in [2.05, 4.69) is 9.55 Å². The Hall–Kier alpha value is -1.91. The van der Waals surface area contributed by atoms with Gasteiger partial charge in [0.15, 0.2) is 5.65 Å². The van der Waals surface area contributed by atoms with Gasteiger partial charge in [0, 0.05) is 23.7 Å². The third kappa shape index (κ3) is 2.38. The Labute approximate surface area is 133 Å². The molecule has 0 N–H and O–H groups in total. The second kappa shape index (κ2) is 5.71. The Bertz CT molecular complexity index is 809. The minimum absolute atomic E-state index is 0.293. The van der Waals surface area contributed by atoms with Crippen molar-refractivity contribution < 1.29 is 4.74 Å². The smallest absolute Gasteiger partial charge is 0.164 e. The quantitative estimate of drug-likeness (QED) is 0.718. The van der Waals surface area contributed by atoms with Gasteiger partial charge in [0.05, 0.1) is 12.3 Å². The van der Waals surface area contributed by atoms with Gasteiger partial charge in [-0.25, -0.2) is 9.97 Å². The van der Waals surface area contributed by atoms with Crippen LogP contribution in [0.4, 0.5) is 0 Å². The molecule has 4 nitrogen and oxygen atoms in total. The summed E-state index contributed by atoms with van der Waals surface area (Å²) in [4.78, 5) is 9.34. The molecular formula is C17H16ClN3O. The predicted molar refractivity (Wildman–Crippen MR) is 86.7 cm³/mol. The first-order chi connectivity index (χ1) is 10.8. The van der Waals surface area contributed by atoms with Gasteiger partial charge in [-0.3, -0.25) is 4.57 Å². The highest BCUT2D eigenvalue weighted by Crippen LogP contribution is 2.30. The van der Waals surface area contributed by atoms with E-state index in [-0.39, 0.29) is 0 Å². The van der Waals surface area contributed by atoms with Gasteiger partial charge in [-0.2, -0.15) is 0 Å². The Morgan fingerprint density at radius 2 is 2.18 bits per heavy atom. The number of aromatic nitrogens is 3. The van der Waals surface area contributed by atoms with Crippen LogP contribution < -0.4 is 0 Å². The van der Waals surface area contributed by atoms with Crippen LogP contribution in [-0.2, 0) is 4.74 Å². The molecule has 1 aromatic carbocycles. The molecule has 1 saturated heterocycles. The molecule has 0 amide bonds. The Morgan fingerprint density at radius 3 is 3.00 bits per heavy atom. The monoisotopic (exact) mass is 313 g/mol. The molecule has 3 aromatic rings. The van der Waals surface area contributed by atoms with Crippen LogP contribution in [0, 0.1) is 0 Å². The van der Waals surface area contributed by atoms with Gasteiger partial charge in [0.25, 0.3) is 0 Å². The fourth-order valence-corrected chi connectivity index (χ4v) is 3.20. The lowest BCUT2D eigenvalue weighted by molar-refractivity contribution is 0.0778. The number of benzene rings is 1. The molecule has 2 aromatic heterocycles. The maximum atomic E-state index is 6.17. The summed E-state index contributed by atoms with van der Waals surface area (Å²) in [6.07, 6.45) is 3.95. The van der Waals surface area contributed by atoms with Crippen LogP contribution in [0.5, 0.6) is 0 Å². The summed E-state index contributed by atoms with van der Waals surface area (Å²) in [6, 6.07) is 11.7. The molecule has 1 atom stereocenters. The van der Waals surface area contributed by atoms with Gasteiger partial charge in [0.2, 0.25) is 0 Å². The maximum absolute atomic E-state index is 6.17. The molecule has 22 heavy (non-hydrogen) atoms. The average molecular weight is 314 g/mol. The van der Waals surface area contributed by atoms with E-state index in [9.17, 15) is 0 Å². The second-order valence-electron chi connectivity index (χ2n) is 5.55. The van der Waals surface area contributed by atoms with Gasteiger partial charge >= 0.3 is 0 Å². The molecule has 5 heteroatoms. The molecule has 112 valence electrons. The van der Waals surface area contributed by atoms with Crippen LogP contribution in [0.15, 0.2) is 42.6 Å². The lowest BCUT2D eigenvalue weighted by Gasteiger charge is -2.22. The summed E-state index contributed by atoms with van der Waals surface area (Å²) in [5.41, 5.74) is 2.77. The fraction of sp³-hybridized carbons (Fsp3) is 0.294. The van der Waals surface area contributed by atoms with Crippen LogP contribution in [0.1, 0.15) is 24.6 Å². The molecule has 1 aliphatic heterocycles. The van der Waals surface area contributed by atoms with Crippen molar-refractivity contribution in [1.82, 2.24) is 14.5 Å². The first-order valence-electron chi connectivity index (χ1n) is 7.50. The Morgan fingerprint density at radius 1 is 1.23 bits per heavy atom. The second-order valence-corrected chi connectivity index (χ2v) is 5.98. The third-order valence-corrected chi connectivity index (χ3v) is 4.27. The number of hydrogen-bond acceptors (Lipinski definition) is 3. The van der Waals surface area contributed by atoms with Crippen molar-refractivity contribution in [3.05, 3.63) is 53.4 Å². The molecular weight excluding hydrogens is 298 g/mol. The standard InChI is InChI=1S/C17H16ClN3O/c18-13-5-1-6-14(10-13)21-16(12-4-3-9-22-11-12)20-15-7-2-8-19-17(15)21/h1-2,5-8,10,12H,3-4,9,11H2. The van der Waals surface area contributed by atoms with Crippen molar-refractivity contribution in [2.75, 3.05) is 13.2 Å². The van der Waals surface area contributed by atoms with Crippen LogP contribution in [0.3, 0.4) is 0 Å². The van der Waals surface area contributed by atoms with E-state index in [1.54, 1.807) is 6.20 Å². The van der Waals surface area contributed by atoms with Crippen molar-refractivity contribution in [2.24, 2.45) is 0 Å². The zero-order valence-electron chi connectivity index (χ0n) is 12.1. The summed E-state index contributed by atoms with van der Waals surface area (Å²) < 4.78 is 7.76. The van der Waals surface area contributed by atoms with Crippen molar-refractivity contribution in [3.8, 4) is 5.69 Å². The first kappa shape index (κ1) is 13.7. The highest BCUT2D eigenvalue weighted by atomic mass is 35.5. The molecule has 0 spiro atoms. The molecule has 4 rings (SSSR count). The van der Waals surface area contributed by atoms with E-state index in [0.717, 1.165) is 42.1 Å². The number of nitrogens with zero attached hydrogens (tertiary/aromatic N) is 3. The normalized spacial score (nSPS) is 18.7. The van der Waals surface area contributed by atoms with E-state index < -0.39 is 0 Å². The number of pyridine rings is 1. The van der Waals surface area contributed by atoms with E-state index in [4.69, 9.17) is 21.3 Å². The average Bonchev–Trinajstić information content (AvgIpc) is 2.95. The molecule has 1 fully saturated rings. The van der Waals surface area contributed by atoms with Crippen molar-refractivity contribution in [1.29, 1.82) is 0 Å². The van der Waals surface area contributed by atoms with Gasteiger partial charge < -0.3 is 4.74 Å². The minimum atomic E-state index is 0.293. The van der Waals surface area contributed by atoms with E-state index in [1.807, 2.05) is 36.4 Å². The van der Waals surface area contributed by atoms with Crippen molar-refractivity contribution in [3.63, 3.8) is 0 Å². The summed E-state index contributed by atoms with van der Waals surface area (Å²) >= 11 is 6.17. The molecule has 3 heterocycles. The van der Waals surface area contributed by atoms with Crippen LogP contribution in [0.25, 0.3) is 16.9 Å². The van der Waals surface area contributed by atoms with Crippen molar-refractivity contribution >= 4 is 22.8 Å². The molecule has 1 aliphatic rings. The molecule has 0 aliphatic carbocycles. The number of halogens is 1. The molecule has 0 bridgehead atoms. The van der Waals surface area contributed by atoms with Crippen LogP contribution >= 0.6 is 11.6 Å². The number of ether oxygens (including phenoxy) is 1. The number of imidazole rings is 1. The van der Waals surface area contributed by atoms with Crippen LogP contribution in [0.2, 0.25) is 5.02 Å². The summed E-state index contributed by atoms with van der Waals surface area (Å²) in [7, 11) is 0. The summed E-state index contributed by atoms with van der Waals surface area (Å²) in [5, 5.41) is 0.709. The fourth-order valence-electron chi connectivity index (χ4n) is 3.02. The third-order valence-electron chi connectivity index (χ3n) is 4.03. The van der Waals surface area contributed by atoms with Gasteiger partial charge in [-0.15, -0.1) is 0 Å². The zero-order chi connectivity index (χ0) is 14.9. The van der Waals surface area contributed by atoms with Crippen LogP contribution in [-0.4, -0.2) is 27.7 Å². The largest absolute Gasteiger partial charge is 0.381 e. The van der Waals surface area contributed by atoms with Gasteiger partial charge in [-0.1, -0.05) is 17.7 Å². The van der Waals surface area contributed by atoms with Crippen molar-refractivity contribution in [2.45, 2.75) is 18.8 Å². The Balaban J connectivity index is 1.93. The lowest BCUT2D eigenvalue weighted by Crippen LogP contribution is -2.19. The topological polar surface area (TPSA) is 39.9 Å². The van der Waals surface area contributed by atoms with Gasteiger partial charge in [-0.05, 0) is 43.2 Å². The van der Waals surface area contributed by atoms with E-state index in [0.29, 0.717) is 17.5 Å². The minimum Gasteiger partial charge on any atom is -0.381 e. The number of fused-ring (bicyclic) bond motifs is 1.